The Morgan fingerprint density at radius 2 is 1.86 bits per heavy atom. The summed E-state index contributed by atoms with van der Waals surface area (Å²) in [5.41, 5.74) is 4.54. The summed E-state index contributed by atoms with van der Waals surface area (Å²) in [7, 11) is 2.17. The fourth-order valence-electron chi connectivity index (χ4n) is 4.11. The first-order chi connectivity index (χ1) is 14.3. The Hall–Kier alpha value is -3.24. The van der Waals surface area contributed by atoms with Gasteiger partial charge in [-0.3, -0.25) is 0 Å². The highest BCUT2D eigenvalue weighted by molar-refractivity contribution is 5.88. The van der Waals surface area contributed by atoms with Crippen LogP contribution in [-0.2, 0) is 6.54 Å². The maximum absolute atomic E-state index is 6.61. The number of fused-ring (bicyclic) bond motifs is 2. The highest BCUT2D eigenvalue weighted by Gasteiger charge is 2.23. The van der Waals surface area contributed by atoms with Gasteiger partial charge in [0.1, 0.15) is 11.9 Å². The lowest BCUT2D eigenvalue weighted by Crippen LogP contribution is -2.18. The first-order valence-corrected chi connectivity index (χ1v) is 10.0. The van der Waals surface area contributed by atoms with Gasteiger partial charge >= 0.3 is 0 Å². The van der Waals surface area contributed by atoms with E-state index in [1.807, 2.05) is 12.1 Å². The van der Waals surface area contributed by atoms with Crippen LogP contribution in [0.3, 0.4) is 0 Å². The molecule has 5 rings (SSSR count). The minimum Gasteiger partial charge on any atom is -0.485 e. The van der Waals surface area contributed by atoms with E-state index in [1.165, 1.54) is 16.5 Å². The van der Waals surface area contributed by atoms with Gasteiger partial charge in [-0.2, -0.15) is 10.2 Å². The van der Waals surface area contributed by atoms with Crippen LogP contribution in [0.15, 0.2) is 79.0 Å². The minimum atomic E-state index is 0.0247. The zero-order valence-corrected chi connectivity index (χ0v) is 16.5. The van der Waals surface area contributed by atoms with E-state index >= 15 is 0 Å². The largest absolute Gasteiger partial charge is 0.485 e. The summed E-state index contributed by atoms with van der Waals surface area (Å²) in [6, 6.07) is 25.2. The Morgan fingerprint density at radius 1 is 0.966 bits per heavy atom. The minimum absolute atomic E-state index is 0.0247. The predicted molar refractivity (Wildman–Crippen MR) is 116 cm³/mol. The number of ether oxygens (including phenoxy) is 1. The summed E-state index contributed by atoms with van der Waals surface area (Å²) in [5, 5.41) is 10.6. The zero-order chi connectivity index (χ0) is 19.6. The van der Waals surface area contributed by atoms with Crippen LogP contribution in [-0.4, -0.2) is 28.7 Å². The molecule has 144 valence electrons. The molecular weight excluding hydrogens is 358 g/mol. The predicted octanol–water partition coefficient (Wildman–Crippen LogP) is 5.25. The number of benzene rings is 3. The smallest absolute Gasteiger partial charge is 0.128 e. The number of aromatic nitrogens is 2. The maximum atomic E-state index is 6.61. The third kappa shape index (κ3) is 3.59. The van der Waals surface area contributed by atoms with E-state index in [2.05, 4.69) is 82.8 Å². The van der Waals surface area contributed by atoms with Crippen molar-refractivity contribution in [3.05, 3.63) is 90.1 Å². The fourth-order valence-corrected chi connectivity index (χ4v) is 4.11. The molecule has 0 fully saturated rings. The van der Waals surface area contributed by atoms with Crippen LogP contribution >= 0.6 is 0 Å². The van der Waals surface area contributed by atoms with Crippen LogP contribution in [0.4, 0.5) is 0 Å². The standard InChI is InChI=1S/C25H23N3O/c1-28-15-13-25(29-24-10-4-7-18-6-2-3-8-21(18)24)22-12-11-19(16-20(22)17-28)23-9-5-14-26-27-23/h2-12,14,16,25H,13,15,17H2,1H3. The van der Waals surface area contributed by atoms with E-state index in [-0.39, 0.29) is 6.10 Å². The van der Waals surface area contributed by atoms with Gasteiger partial charge in [-0.1, -0.05) is 48.5 Å². The average Bonchev–Trinajstić information content (AvgIpc) is 2.92. The summed E-state index contributed by atoms with van der Waals surface area (Å²) >= 11 is 0. The Labute approximate surface area is 170 Å². The highest BCUT2D eigenvalue weighted by atomic mass is 16.5. The molecule has 1 aliphatic rings. The second kappa shape index (κ2) is 7.64. The topological polar surface area (TPSA) is 38.2 Å². The Bertz CT molecular complexity index is 1140. The van der Waals surface area contributed by atoms with Crippen LogP contribution in [0.2, 0.25) is 0 Å². The molecule has 3 aromatic carbocycles. The average molecular weight is 381 g/mol. The second-order valence-corrected chi connectivity index (χ2v) is 7.63. The molecule has 4 heteroatoms. The van der Waals surface area contributed by atoms with Gasteiger partial charge in [0.25, 0.3) is 0 Å². The van der Waals surface area contributed by atoms with E-state index < -0.39 is 0 Å². The third-order valence-electron chi connectivity index (χ3n) is 5.59. The van der Waals surface area contributed by atoms with Crippen molar-refractivity contribution in [3.8, 4) is 17.0 Å². The summed E-state index contributed by atoms with van der Waals surface area (Å²) in [6.07, 6.45) is 2.68. The van der Waals surface area contributed by atoms with E-state index in [0.29, 0.717) is 0 Å². The molecule has 0 bridgehead atoms. The molecule has 0 saturated heterocycles. The molecule has 2 heterocycles. The van der Waals surface area contributed by atoms with Gasteiger partial charge in [-0.15, -0.1) is 0 Å². The van der Waals surface area contributed by atoms with Gasteiger partial charge in [0.05, 0.1) is 5.69 Å². The molecule has 1 aromatic heterocycles. The van der Waals surface area contributed by atoms with E-state index in [9.17, 15) is 0 Å². The molecule has 1 atom stereocenters. The molecule has 4 nitrogen and oxygen atoms in total. The lowest BCUT2D eigenvalue weighted by molar-refractivity contribution is 0.185. The molecule has 0 amide bonds. The SMILES string of the molecule is CN1CCC(Oc2cccc3ccccc23)c2ccc(-c3cccnn3)cc2C1. The number of hydrogen-bond acceptors (Lipinski definition) is 4. The van der Waals surface area contributed by atoms with Crippen molar-refractivity contribution >= 4 is 10.8 Å². The van der Waals surface area contributed by atoms with Gasteiger partial charge in [0, 0.05) is 36.7 Å². The Morgan fingerprint density at radius 3 is 2.76 bits per heavy atom. The van der Waals surface area contributed by atoms with Crippen LogP contribution in [0.1, 0.15) is 23.7 Å². The van der Waals surface area contributed by atoms with E-state index in [1.54, 1.807) is 6.20 Å². The molecule has 1 aliphatic heterocycles. The highest BCUT2D eigenvalue weighted by Crippen LogP contribution is 2.35. The summed E-state index contributed by atoms with van der Waals surface area (Å²) in [6.45, 7) is 1.89. The van der Waals surface area contributed by atoms with Crippen molar-refractivity contribution in [2.45, 2.75) is 19.1 Å². The molecule has 0 aliphatic carbocycles. The lowest BCUT2D eigenvalue weighted by Gasteiger charge is -2.21. The van der Waals surface area contributed by atoms with Crippen molar-refractivity contribution in [2.75, 3.05) is 13.6 Å². The summed E-state index contributed by atoms with van der Waals surface area (Å²) in [4.78, 5) is 2.35. The summed E-state index contributed by atoms with van der Waals surface area (Å²) < 4.78 is 6.61. The fraction of sp³-hybridized carbons (Fsp3) is 0.200. The van der Waals surface area contributed by atoms with Crippen molar-refractivity contribution in [1.29, 1.82) is 0 Å². The second-order valence-electron chi connectivity index (χ2n) is 7.63. The van der Waals surface area contributed by atoms with Crippen molar-refractivity contribution < 1.29 is 4.74 Å². The molecule has 1 unspecified atom stereocenters. The summed E-state index contributed by atoms with van der Waals surface area (Å²) in [5.74, 6) is 0.946. The number of rotatable bonds is 3. The lowest BCUT2D eigenvalue weighted by atomic mass is 9.97. The van der Waals surface area contributed by atoms with Crippen LogP contribution in [0.25, 0.3) is 22.0 Å². The molecule has 4 aromatic rings. The molecule has 29 heavy (non-hydrogen) atoms. The molecule has 0 radical (unpaired) electrons. The van der Waals surface area contributed by atoms with E-state index in [0.717, 1.165) is 41.9 Å². The van der Waals surface area contributed by atoms with Crippen molar-refractivity contribution in [2.24, 2.45) is 0 Å². The van der Waals surface area contributed by atoms with Crippen molar-refractivity contribution in [1.82, 2.24) is 15.1 Å². The zero-order valence-electron chi connectivity index (χ0n) is 16.5. The molecule has 0 saturated carbocycles. The molecule has 0 spiro atoms. The first-order valence-electron chi connectivity index (χ1n) is 10.0. The van der Waals surface area contributed by atoms with Crippen LogP contribution in [0, 0.1) is 0 Å². The Kier molecular flexibility index (Phi) is 4.70. The van der Waals surface area contributed by atoms with Crippen LogP contribution < -0.4 is 4.74 Å². The van der Waals surface area contributed by atoms with Gasteiger partial charge in [0.15, 0.2) is 0 Å². The number of hydrogen-bond donors (Lipinski definition) is 0. The monoisotopic (exact) mass is 381 g/mol. The van der Waals surface area contributed by atoms with Gasteiger partial charge in [-0.25, -0.2) is 0 Å². The van der Waals surface area contributed by atoms with E-state index in [4.69, 9.17) is 4.74 Å². The quantitative estimate of drug-likeness (QED) is 0.486. The van der Waals surface area contributed by atoms with Crippen molar-refractivity contribution in [3.63, 3.8) is 0 Å². The molecular formula is C25H23N3O. The number of nitrogens with zero attached hydrogens (tertiary/aromatic N) is 3. The van der Waals surface area contributed by atoms with Gasteiger partial charge in [-0.05, 0) is 47.8 Å². The maximum Gasteiger partial charge on any atom is 0.128 e. The van der Waals surface area contributed by atoms with Gasteiger partial charge < -0.3 is 9.64 Å². The van der Waals surface area contributed by atoms with Gasteiger partial charge in [0.2, 0.25) is 0 Å². The normalized spacial score (nSPS) is 16.9. The Balaban J connectivity index is 1.53. The first kappa shape index (κ1) is 17.8. The van der Waals surface area contributed by atoms with Crippen LogP contribution in [0.5, 0.6) is 5.75 Å². The third-order valence-corrected chi connectivity index (χ3v) is 5.59. The molecule has 0 N–H and O–H groups in total.